The van der Waals surface area contributed by atoms with Gasteiger partial charge in [-0.3, -0.25) is 0 Å². The van der Waals surface area contributed by atoms with Crippen LogP contribution in [0.15, 0.2) is 23.3 Å². The van der Waals surface area contributed by atoms with E-state index in [9.17, 15) is 0 Å². The van der Waals surface area contributed by atoms with Crippen LogP contribution in [0.2, 0.25) is 0 Å². The molecular weight excluding hydrogens is 180 g/mol. The zero-order valence-corrected chi connectivity index (χ0v) is 10.4. The summed E-state index contributed by atoms with van der Waals surface area (Å²) in [7, 11) is 0. The lowest BCUT2D eigenvalue weighted by Crippen LogP contribution is -2.06. The minimum Gasteiger partial charge on any atom is -0.0851 e. The second-order valence-electron chi connectivity index (χ2n) is 5.71. The zero-order valence-electron chi connectivity index (χ0n) is 10.4. The minimum absolute atomic E-state index is 0.946. The van der Waals surface area contributed by atoms with Crippen molar-refractivity contribution in [3.63, 3.8) is 0 Å². The van der Waals surface area contributed by atoms with Gasteiger partial charge in [-0.1, -0.05) is 23.3 Å². The Bertz CT molecular complexity index is 278. The van der Waals surface area contributed by atoms with E-state index in [0.29, 0.717) is 0 Å². The van der Waals surface area contributed by atoms with Gasteiger partial charge in [0.25, 0.3) is 0 Å². The van der Waals surface area contributed by atoms with Crippen LogP contribution in [0.25, 0.3) is 0 Å². The maximum Gasteiger partial charge on any atom is -0.0199 e. The van der Waals surface area contributed by atoms with E-state index in [4.69, 9.17) is 0 Å². The summed E-state index contributed by atoms with van der Waals surface area (Å²) in [6.07, 6.45) is 12.0. The standard InChI is InChI=1S/C15H24/c1-11(2)12(3)5-4-6-14-9-13-7-8-15(14)10-13/h7-8,13-15H,4-6,9-10H2,1-3H3. The van der Waals surface area contributed by atoms with E-state index in [2.05, 4.69) is 32.9 Å². The lowest BCUT2D eigenvalue weighted by molar-refractivity contribution is 0.404. The molecule has 15 heavy (non-hydrogen) atoms. The largest absolute Gasteiger partial charge is 0.0851 e. The van der Waals surface area contributed by atoms with Crippen molar-refractivity contribution in [3.05, 3.63) is 23.3 Å². The Hall–Kier alpha value is -0.520. The van der Waals surface area contributed by atoms with Gasteiger partial charge in [-0.15, -0.1) is 0 Å². The Labute approximate surface area is 94.5 Å². The first-order chi connectivity index (χ1) is 7.16. The van der Waals surface area contributed by atoms with Crippen LogP contribution in [0.3, 0.4) is 0 Å². The van der Waals surface area contributed by atoms with Gasteiger partial charge < -0.3 is 0 Å². The van der Waals surface area contributed by atoms with Gasteiger partial charge >= 0.3 is 0 Å². The zero-order chi connectivity index (χ0) is 10.8. The number of hydrogen-bond donors (Lipinski definition) is 0. The summed E-state index contributed by atoms with van der Waals surface area (Å²) in [5.74, 6) is 2.91. The Morgan fingerprint density at radius 2 is 1.93 bits per heavy atom. The Balaban J connectivity index is 1.71. The quantitative estimate of drug-likeness (QED) is 0.581. The third kappa shape index (κ3) is 2.53. The molecule has 84 valence electrons. The van der Waals surface area contributed by atoms with Crippen molar-refractivity contribution in [2.45, 2.75) is 52.9 Å². The minimum atomic E-state index is 0.946. The van der Waals surface area contributed by atoms with E-state index < -0.39 is 0 Å². The molecule has 2 rings (SSSR count). The smallest absolute Gasteiger partial charge is 0.0199 e. The van der Waals surface area contributed by atoms with E-state index in [1.807, 2.05) is 0 Å². The molecule has 0 amide bonds. The molecule has 0 aromatic carbocycles. The van der Waals surface area contributed by atoms with Gasteiger partial charge in [-0.05, 0) is 70.6 Å². The van der Waals surface area contributed by atoms with Crippen LogP contribution >= 0.6 is 0 Å². The van der Waals surface area contributed by atoms with Crippen molar-refractivity contribution >= 4 is 0 Å². The fourth-order valence-electron chi connectivity index (χ4n) is 3.11. The van der Waals surface area contributed by atoms with Crippen LogP contribution < -0.4 is 0 Å². The summed E-state index contributed by atoms with van der Waals surface area (Å²) in [6, 6.07) is 0. The van der Waals surface area contributed by atoms with Crippen LogP contribution in [-0.4, -0.2) is 0 Å². The van der Waals surface area contributed by atoms with E-state index in [1.165, 1.54) is 37.7 Å². The second-order valence-corrected chi connectivity index (χ2v) is 5.71. The van der Waals surface area contributed by atoms with Crippen molar-refractivity contribution in [2.24, 2.45) is 17.8 Å². The summed E-state index contributed by atoms with van der Waals surface area (Å²) in [5.41, 5.74) is 3.12. The van der Waals surface area contributed by atoms with E-state index in [0.717, 1.165) is 17.8 Å². The Morgan fingerprint density at radius 1 is 1.13 bits per heavy atom. The second kappa shape index (κ2) is 4.55. The molecule has 0 nitrogen and oxygen atoms in total. The predicted octanol–water partition coefficient (Wildman–Crippen LogP) is 4.73. The number of rotatable bonds is 4. The first-order valence-corrected chi connectivity index (χ1v) is 6.48. The first kappa shape index (κ1) is 11.0. The van der Waals surface area contributed by atoms with Crippen molar-refractivity contribution in [3.8, 4) is 0 Å². The Kier molecular flexibility index (Phi) is 3.33. The molecule has 2 bridgehead atoms. The molecule has 2 aliphatic carbocycles. The number of allylic oxidation sites excluding steroid dienone is 4. The molecule has 0 spiro atoms. The van der Waals surface area contributed by atoms with E-state index in [-0.39, 0.29) is 0 Å². The molecule has 0 heterocycles. The molecule has 0 radical (unpaired) electrons. The average molecular weight is 204 g/mol. The SMILES string of the molecule is CC(C)=C(C)CCCC1CC2C=CC1C2. The van der Waals surface area contributed by atoms with Crippen molar-refractivity contribution < 1.29 is 0 Å². The molecule has 0 aromatic heterocycles. The van der Waals surface area contributed by atoms with E-state index >= 15 is 0 Å². The molecule has 3 unspecified atom stereocenters. The third-order valence-electron chi connectivity index (χ3n) is 4.40. The van der Waals surface area contributed by atoms with Crippen LogP contribution in [0.4, 0.5) is 0 Å². The molecule has 0 aromatic rings. The van der Waals surface area contributed by atoms with Crippen LogP contribution in [0.5, 0.6) is 0 Å². The van der Waals surface area contributed by atoms with Crippen LogP contribution in [0.1, 0.15) is 52.9 Å². The van der Waals surface area contributed by atoms with Crippen LogP contribution in [-0.2, 0) is 0 Å². The maximum absolute atomic E-state index is 2.48. The van der Waals surface area contributed by atoms with Crippen molar-refractivity contribution in [2.75, 3.05) is 0 Å². The van der Waals surface area contributed by atoms with Crippen molar-refractivity contribution in [1.82, 2.24) is 0 Å². The number of fused-ring (bicyclic) bond motifs is 2. The lowest BCUT2D eigenvalue weighted by Gasteiger charge is -2.17. The molecule has 0 heteroatoms. The van der Waals surface area contributed by atoms with Crippen LogP contribution in [0, 0.1) is 17.8 Å². The fourth-order valence-corrected chi connectivity index (χ4v) is 3.11. The van der Waals surface area contributed by atoms with Gasteiger partial charge in [0.1, 0.15) is 0 Å². The van der Waals surface area contributed by atoms with Gasteiger partial charge in [0.05, 0.1) is 0 Å². The fraction of sp³-hybridized carbons (Fsp3) is 0.733. The highest BCUT2D eigenvalue weighted by molar-refractivity contribution is 5.10. The van der Waals surface area contributed by atoms with Gasteiger partial charge in [-0.2, -0.15) is 0 Å². The number of hydrogen-bond acceptors (Lipinski definition) is 0. The lowest BCUT2D eigenvalue weighted by atomic mass is 9.88. The van der Waals surface area contributed by atoms with Gasteiger partial charge in [0.15, 0.2) is 0 Å². The summed E-state index contributed by atoms with van der Waals surface area (Å²) in [4.78, 5) is 0. The molecule has 3 atom stereocenters. The molecule has 0 aliphatic heterocycles. The Morgan fingerprint density at radius 3 is 2.47 bits per heavy atom. The highest BCUT2D eigenvalue weighted by Gasteiger charge is 2.34. The monoisotopic (exact) mass is 204 g/mol. The molecule has 2 aliphatic rings. The average Bonchev–Trinajstić information content (AvgIpc) is 2.78. The third-order valence-corrected chi connectivity index (χ3v) is 4.40. The molecule has 0 N–H and O–H groups in total. The normalized spacial score (nSPS) is 32.3. The molecule has 1 saturated carbocycles. The van der Waals surface area contributed by atoms with Gasteiger partial charge in [0, 0.05) is 0 Å². The van der Waals surface area contributed by atoms with Gasteiger partial charge in [-0.25, -0.2) is 0 Å². The van der Waals surface area contributed by atoms with Crippen molar-refractivity contribution in [1.29, 1.82) is 0 Å². The highest BCUT2D eigenvalue weighted by Crippen LogP contribution is 2.45. The first-order valence-electron chi connectivity index (χ1n) is 6.48. The molecule has 0 saturated heterocycles. The maximum atomic E-state index is 2.48. The summed E-state index contributed by atoms with van der Waals surface area (Å²) < 4.78 is 0. The predicted molar refractivity (Wildman–Crippen MR) is 66.7 cm³/mol. The highest BCUT2D eigenvalue weighted by atomic mass is 14.4. The molecule has 1 fully saturated rings. The summed E-state index contributed by atoms with van der Waals surface area (Å²) >= 11 is 0. The van der Waals surface area contributed by atoms with Gasteiger partial charge in [0.2, 0.25) is 0 Å². The van der Waals surface area contributed by atoms with E-state index in [1.54, 1.807) is 5.57 Å². The summed E-state index contributed by atoms with van der Waals surface area (Å²) in [6.45, 7) is 6.75. The molecular formula is C15H24. The topological polar surface area (TPSA) is 0 Å². The summed E-state index contributed by atoms with van der Waals surface area (Å²) in [5, 5.41) is 0.